The quantitative estimate of drug-likeness (QED) is 0.817. The molecule has 0 spiro atoms. The van der Waals surface area contributed by atoms with Crippen molar-refractivity contribution in [3.8, 4) is 0 Å². The number of aryl methyl sites for hydroxylation is 2. The van der Waals surface area contributed by atoms with Gasteiger partial charge < -0.3 is 14.2 Å². The first-order valence-corrected chi connectivity index (χ1v) is 7.84. The zero-order chi connectivity index (χ0) is 16.1. The van der Waals surface area contributed by atoms with Gasteiger partial charge in [0, 0.05) is 37.4 Å². The van der Waals surface area contributed by atoms with Crippen LogP contribution in [0.5, 0.6) is 0 Å². The normalized spacial score (nSPS) is 18.1. The number of imidazole rings is 1. The van der Waals surface area contributed by atoms with E-state index in [-0.39, 0.29) is 12.0 Å². The monoisotopic (exact) mass is 315 g/mol. The van der Waals surface area contributed by atoms with Crippen molar-refractivity contribution in [1.29, 1.82) is 0 Å². The molecule has 0 N–H and O–H groups in total. The number of morpholine rings is 1. The largest absolute Gasteiger partial charge is 0.375 e. The summed E-state index contributed by atoms with van der Waals surface area (Å²) >= 11 is 0. The number of amides is 1. The van der Waals surface area contributed by atoms with Gasteiger partial charge in [-0.05, 0) is 25.8 Å². The summed E-state index contributed by atoms with van der Waals surface area (Å²) in [4.78, 5) is 26.6. The van der Waals surface area contributed by atoms with Crippen molar-refractivity contribution in [2.45, 2.75) is 32.4 Å². The Bertz CT molecular complexity index is 643. The number of ether oxygens (including phenoxy) is 1. The lowest BCUT2D eigenvalue weighted by molar-refractivity contribution is -0.139. The van der Waals surface area contributed by atoms with Crippen LogP contribution in [0.1, 0.15) is 17.9 Å². The van der Waals surface area contributed by atoms with Gasteiger partial charge in [-0.1, -0.05) is 0 Å². The molecule has 0 bridgehead atoms. The maximum absolute atomic E-state index is 12.4. The van der Waals surface area contributed by atoms with Gasteiger partial charge in [0.1, 0.15) is 18.7 Å². The van der Waals surface area contributed by atoms with Crippen LogP contribution in [-0.4, -0.2) is 56.1 Å². The summed E-state index contributed by atoms with van der Waals surface area (Å²) < 4.78 is 7.65. The Morgan fingerprint density at radius 3 is 3.04 bits per heavy atom. The molecule has 3 heterocycles. The van der Waals surface area contributed by atoms with Crippen LogP contribution in [0.4, 0.5) is 0 Å². The molecular weight excluding hydrogens is 294 g/mol. The molecule has 2 aromatic heterocycles. The van der Waals surface area contributed by atoms with E-state index in [0.717, 1.165) is 24.4 Å². The summed E-state index contributed by atoms with van der Waals surface area (Å²) in [5.41, 5.74) is 1.00. The molecule has 0 unspecified atom stereocenters. The van der Waals surface area contributed by atoms with Crippen molar-refractivity contribution in [3.05, 3.63) is 42.5 Å². The third-order valence-corrected chi connectivity index (χ3v) is 4.09. The third-order valence-electron chi connectivity index (χ3n) is 4.09. The van der Waals surface area contributed by atoms with Gasteiger partial charge in [-0.2, -0.15) is 0 Å². The fourth-order valence-corrected chi connectivity index (χ4v) is 2.71. The van der Waals surface area contributed by atoms with E-state index in [9.17, 15) is 4.79 Å². The first-order chi connectivity index (χ1) is 11.2. The van der Waals surface area contributed by atoms with Gasteiger partial charge in [0.15, 0.2) is 0 Å². The number of hydrogen-bond acceptors (Lipinski definition) is 5. The van der Waals surface area contributed by atoms with Gasteiger partial charge in [0.2, 0.25) is 5.91 Å². The van der Waals surface area contributed by atoms with E-state index in [1.165, 1.54) is 0 Å². The zero-order valence-electron chi connectivity index (χ0n) is 13.3. The van der Waals surface area contributed by atoms with E-state index >= 15 is 0 Å². The van der Waals surface area contributed by atoms with Crippen LogP contribution in [0.25, 0.3) is 0 Å². The van der Waals surface area contributed by atoms with Gasteiger partial charge in [-0.25, -0.2) is 15.0 Å². The first kappa shape index (κ1) is 15.6. The highest BCUT2D eigenvalue weighted by atomic mass is 16.5. The third kappa shape index (κ3) is 4.13. The molecule has 1 atom stereocenters. The van der Waals surface area contributed by atoms with Gasteiger partial charge in [-0.3, -0.25) is 4.79 Å². The molecule has 0 radical (unpaired) electrons. The Labute approximate surface area is 135 Å². The molecule has 7 heteroatoms. The Morgan fingerprint density at radius 1 is 1.39 bits per heavy atom. The Morgan fingerprint density at radius 2 is 2.30 bits per heavy atom. The predicted octanol–water partition coefficient (Wildman–Crippen LogP) is 0.842. The minimum Gasteiger partial charge on any atom is -0.375 e. The van der Waals surface area contributed by atoms with Gasteiger partial charge in [0.05, 0.1) is 12.7 Å². The van der Waals surface area contributed by atoms with Crippen molar-refractivity contribution in [1.82, 2.24) is 24.4 Å². The molecular formula is C16H21N5O2. The summed E-state index contributed by atoms with van der Waals surface area (Å²) in [6.45, 7) is 4.11. The van der Waals surface area contributed by atoms with E-state index in [1.807, 2.05) is 28.7 Å². The fourth-order valence-electron chi connectivity index (χ4n) is 2.71. The molecule has 2 aromatic rings. The van der Waals surface area contributed by atoms with Crippen LogP contribution in [-0.2, 0) is 22.5 Å². The zero-order valence-corrected chi connectivity index (χ0v) is 13.3. The van der Waals surface area contributed by atoms with Crippen molar-refractivity contribution in [3.63, 3.8) is 0 Å². The molecule has 1 aliphatic rings. The maximum Gasteiger partial charge on any atom is 0.242 e. The number of carbonyl (C=O) groups is 1. The predicted molar refractivity (Wildman–Crippen MR) is 83.6 cm³/mol. The smallest absolute Gasteiger partial charge is 0.242 e. The number of aromatic nitrogens is 4. The molecule has 0 aromatic carbocycles. The van der Waals surface area contributed by atoms with Crippen molar-refractivity contribution >= 4 is 5.91 Å². The van der Waals surface area contributed by atoms with Crippen molar-refractivity contribution < 1.29 is 9.53 Å². The average molecular weight is 315 g/mol. The van der Waals surface area contributed by atoms with E-state index in [1.54, 1.807) is 18.7 Å². The lowest BCUT2D eigenvalue weighted by Gasteiger charge is -2.33. The maximum atomic E-state index is 12.4. The van der Waals surface area contributed by atoms with Crippen LogP contribution in [0.2, 0.25) is 0 Å². The summed E-state index contributed by atoms with van der Waals surface area (Å²) in [5, 5.41) is 0. The Balaban J connectivity index is 1.51. The van der Waals surface area contributed by atoms with Gasteiger partial charge >= 0.3 is 0 Å². The van der Waals surface area contributed by atoms with Crippen molar-refractivity contribution in [2.75, 3.05) is 19.7 Å². The van der Waals surface area contributed by atoms with Crippen molar-refractivity contribution in [2.24, 2.45) is 0 Å². The SMILES string of the molecule is Cc1nccn1CC(=O)N1CCO[C@H](CCc2ccncn2)C1. The second kappa shape index (κ2) is 7.32. The lowest BCUT2D eigenvalue weighted by Crippen LogP contribution is -2.46. The van der Waals surface area contributed by atoms with Crippen LogP contribution >= 0.6 is 0 Å². The molecule has 1 amide bonds. The van der Waals surface area contributed by atoms with E-state index in [0.29, 0.717) is 26.2 Å². The summed E-state index contributed by atoms with van der Waals surface area (Å²) in [6, 6.07) is 1.91. The standard InChI is InChI=1S/C16H21N5O2/c1-13-18-6-7-20(13)11-16(22)21-8-9-23-15(10-21)3-2-14-4-5-17-12-19-14/h4-7,12,15H,2-3,8-11H2,1H3/t15-/m1/s1. The molecule has 1 aliphatic heterocycles. The summed E-state index contributed by atoms with van der Waals surface area (Å²) in [5.74, 6) is 0.966. The van der Waals surface area contributed by atoms with Crippen LogP contribution in [0, 0.1) is 6.92 Å². The molecule has 122 valence electrons. The molecule has 7 nitrogen and oxygen atoms in total. The highest BCUT2D eigenvalue weighted by Gasteiger charge is 2.24. The van der Waals surface area contributed by atoms with E-state index < -0.39 is 0 Å². The number of nitrogens with zero attached hydrogens (tertiary/aromatic N) is 5. The molecule has 1 saturated heterocycles. The second-order valence-electron chi connectivity index (χ2n) is 5.67. The minimum atomic E-state index is 0.0616. The highest BCUT2D eigenvalue weighted by molar-refractivity contribution is 5.76. The Hall–Kier alpha value is -2.28. The second-order valence-corrected chi connectivity index (χ2v) is 5.67. The van der Waals surface area contributed by atoms with Crippen LogP contribution in [0.3, 0.4) is 0 Å². The first-order valence-electron chi connectivity index (χ1n) is 7.84. The number of rotatable bonds is 5. The van der Waals surface area contributed by atoms with E-state index in [2.05, 4.69) is 15.0 Å². The van der Waals surface area contributed by atoms with Gasteiger partial charge in [-0.15, -0.1) is 0 Å². The molecule has 0 saturated carbocycles. The molecule has 0 aliphatic carbocycles. The lowest BCUT2D eigenvalue weighted by atomic mass is 10.1. The van der Waals surface area contributed by atoms with Gasteiger partial charge in [0.25, 0.3) is 0 Å². The Kier molecular flexibility index (Phi) is 4.97. The summed E-state index contributed by atoms with van der Waals surface area (Å²) in [6.07, 6.45) is 8.59. The van der Waals surface area contributed by atoms with Crippen LogP contribution in [0.15, 0.2) is 31.0 Å². The topological polar surface area (TPSA) is 73.1 Å². The number of hydrogen-bond donors (Lipinski definition) is 0. The fraction of sp³-hybridized carbons (Fsp3) is 0.500. The summed E-state index contributed by atoms with van der Waals surface area (Å²) in [7, 11) is 0. The van der Waals surface area contributed by atoms with Crippen LogP contribution < -0.4 is 0 Å². The highest BCUT2D eigenvalue weighted by Crippen LogP contribution is 2.12. The average Bonchev–Trinajstić information content (AvgIpc) is 2.99. The molecule has 23 heavy (non-hydrogen) atoms. The molecule has 1 fully saturated rings. The molecule has 3 rings (SSSR count). The minimum absolute atomic E-state index is 0.0616. The van der Waals surface area contributed by atoms with E-state index in [4.69, 9.17) is 4.74 Å². The number of carbonyl (C=O) groups excluding carboxylic acids is 1.